The standard InChI is InChI=1S/C15H20N2O4S/c16-22(19,20)11-8-13-6-9-17(10-7-13)15(18)21-12-14-4-2-1-3-5-14/h1-5,8,11,13H,6-7,9-10,12H2,(H2,16,19,20)/b11-8+. The first kappa shape index (κ1) is 16.5. The van der Waals surface area contributed by atoms with Crippen molar-refractivity contribution in [2.24, 2.45) is 11.1 Å². The number of nitrogens with two attached hydrogens (primary N) is 1. The van der Waals surface area contributed by atoms with Gasteiger partial charge in [-0.05, 0) is 24.3 Å². The van der Waals surface area contributed by atoms with Gasteiger partial charge in [0.25, 0.3) is 0 Å². The molecule has 1 aliphatic rings. The van der Waals surface area contributed by atoms with Crippen molar-refractivity contribution in [2.75, 3.05) is 13.1 Å². The molecule has 0 atom stereocenters. The largest absolute Gasteiger partial charge is 0.445 e. The molecule has 0 saturated carbocycles. The van der Waals surface area contributed by atoms with Crippen LogP contribution in [0, 0.1) is 5.92 Å². The minimum Gasteiger partial charge on any atom is -0.445 e. The molecule has 1 aliphatic heterocycles. The van der Waals surface area contributed by atoms with Gasteiger partial charge in [0.15, 0.2) is 0 Å². The third-order valence-corrected chi connectivity index (χ3v) is 4.08. The summed E-state index contributed by atoms with van der Waals surface area (Å²) in [6.07, 6.45) is 2.67. The van der Waals surface area contributed by atoms with E-state index in [0.29, 0.717) is 25.9 Å². The fraction of sp³-hybridized carbons (Fsp3) is 0.400. The number of piperidine rings is 1. The molecule has 0 aliphatic carbocycles. The number of hydrogen-bond donors (Lipinski definition) is 1. The normalized spacial score (nSPS) is 16.9. The summed E-state index contributed by atoms with van der Waals surface area (Å²) >= 11 is 0. The SMILES string of the molecule is NS(=O)(=O)/C=C/C1CCN(C(=O)OCc2ccccc2)CC1. The number of sulfonamides is 1. The summed E-state index contributed by atoms with van der Waals surface area (Å²) in [6, 6.07) is 9.50. The summed E-state index contributed by atoms with van der Waals surface area (Å²) in [6.45, 7) is 1.35. The first-order valence-electron chi connectivity index (χ1n) is 7.11. The Hall–Kier alpha value is -1.86. The van der Waals surface area contributed by atoms with Crippen LogP contribution < -0.4 is 5.14 Å². The van der Waals surface area contributed by atoms with E-state index in [1.165, 1.54) is 0 Å². The van der Waals surface area contributed by atoms with Crippen molar-refractivity contribution >= 4 is 16.1 Å². The molecule has 1 saturated heterocycles. The van der Waals surface area contributed by atoms with Crippen LogP contribution in [0.1, 0.15) is 18.4 Å². The lowest BCUT2D eigenvalue weighted by Gasteiger charge is -2.29. The van der Waals surface area contributed by atoms with Gasteiger partial charge in [-0.15, -0.1) is 0 Å². The molecule has 120 valence electrons. The van der Waals surface area contributed by atoms with Crippen molar-refractivity contribution in [2.45, 2.75) is 19.4 Å². The molecule has 0 aromatic heterocycles. The molecule has 6 nitrogen and oxygen atoms in total. The van der Waals surface area contributed by atoms with Crippen LogP contribution in [0.25, 0.3) is 0 Å². The number of likely N-dealkylation sites (tertiary alicyclic amines) is 1. The Balaban J connectivity index is 1.76. The average molecular weight is 324 g/mol. The molecule has 1 aromatic carbocycles. The highest BCUT2D eigenvalue weighted by atomic mass is 32.2. The lowest BCUT2D eigenvalue weighted by Crippen LogP contribution is -2.38. The van der Waals surface area contributed by atoms with E-state index >= 15 is 0 Å². The van der Waals surface area contributed by atoms with Crippen LogP contribution in [0.15, 0.2) is 41.8 Å². The minimum atomic E-state index is -3.58. The van der Waals surface area contributed by atoms with Gasteiger partial charge in [-0.2, -0.15) is 0 Å². The molecule has 2 rings (SSSR count). The average Bonchev–Trinajstić information content (AvgIpc) is 2.51. The maximum absolute atomic E-state index is 12.0. The Kier molecular flexibility index (Phi) is 5.57. The Morgan fingerprint density at radius 3 is 2.50 bits per heavy atom. The summed E-state index contributed by atoms with van der Waals surface area (Å²) in [5.41, 5.74) is 0.946. The van der Waals surface area contributed by atoms with Gasteiger partial charge < -0.3 is 9.64 Å². The van der Waals surface area contributed by atoms with Crippen molar-refractivity contribution in [1.82, 2.24) is 4.90 Å². The highest BCUT2D eigenvalue weighted by molar-refractivity contribution is 7.92. The van der Waals surface area contributed by atoms with Gasteiger partial charge in [-0.1, -0.05) is 36.4 Å². The molecule has 22 heavy (non-hydrogen) atoms. The molecule has 0 unspecified atom stereocenters. The molecule has 1 heterocycles. The lowest BCUT2D eigenvalue weighted by molar-refractivity contribution is 0.0854. The van der Waals surface area contributed by atoms with Crippen LogP contribution in [-0.4, -0.2) is 32.5 Å². The maximum atomic E-state index is 12.0. The number of carbonyl (C=O) groups is 1. The lowest BCUT2D eigenvalue weighted by atomic mass is 9.97. The second-order valence-corrected chi connectivity index (χ2v) is 6.73. The number of carbonyl (C=O) groups excluding carboxylic acids is 1. The Morgan fingerprint density at radius 1 is 1.27 bits per heavy atom. The number of ether oxygens (including phenoxy) is 1. The predicted octanol–water partition coefficient (Wildman–Crippen LogP) is 1.84. The first-order valence-corrected chi connectivity index (χ1v) is 8.71. The summed E-state index contributed by atoms with van der Waals surface area (Å²) in [4.78, 5) is 13.6. The van der Waals surface area contributed by atoms with Gasteiger partial charge in [-0.25, -0.2) is 18.4 Å². The maximum Gasteiger partial charge on any atom is 0.410 e. The zero-order valence-corrected chi connectivity index (χ0v) is 13.0. The van der Waals surface area contributed by atoms with Gasteiger partial charge >= 0.3 is 6.09 Å². The van der Waals surface area contributed by atoms with E-state index in [1.54, 1.807) is 11.0 Å². The molecule has 2 N–H and O–H groups in total. The molecule has 1 aromatic rings. The van der Waals surface area contributed by atoms with Gasteiger partial charge in [0.2, 0.25) is 10.0 Å². The van der Waals surface area contributed by atoms with Crippen LogP contribution in [-0.2, 0) is 21.4 Å². The molecule has 0 spiro atoms. The van der Waals surface area contributed by atoms with E-state index in [-0.39, 0.29) is 18.6 Å². The topological polar surface area (TPSA) is 89.7 Å². The van der Waals surface area contributed by atoms with Crippen molar-refractivity contribution in [3.8, 4) is 0 Å². The Morgan fingerprint density at radius 2 is 1.91 bits per heavy atom. The second kappa shape index (κ2) is 7.42. The van der Waals surface area contributed by atoms with Crippen molar-refractivity contribution < 1.29 is 17.9 Å². The monoisotopic (exact) mass is 324 g/mol. The van der Waals surface area contributed by atoms with Gasteiger partial charge in [0.05, 0.1) is 0 Å². The number of allylic oxidation sites excluding steroid dienone is 1. The fourth-order valence-electron chi connectivity index (χ4n) is 2.31. The fourth-order valence-corrected chi connectivity index (χ4v) is 2.75. The third kappa shape index (κ3) is 5.50. The zero-order valence-electron chi connectivity index (χ0n) is 12.2. The summed E-state index contributed by atoms with van der Waals surface area (Å²) in [7, 11) is -3.58. The molecule has 0 bridgehead atoms. The van der Waals surface area contributed by atoms with Gasteiger partial charge in [0, 0.05) is 18.5 Å². The number of nitrogens with zero attached hydrogens (tertiary/aromatic N) is 1. The molecule has 7 heteroatoms. The Bertz CT molecular complexity index is 620. The number of rotatable bonds is 4. The van der Waals surface area contributed by atoms with Crippen molar-refractivity contribution in [1.29, 1.82) is 0 Å². The van der Waals surface area contributed by atoms with Crippen LogP contribution in [0.4, 0.5) is 4.79 Å². The predicted molar refractivity (Wildman–Crippen MR) is 83.2 cm³/mol. The number of benzene rings is 1. The first-order chi connectivity index (χ1) is 10.4. The smallest absolute Gasteiger partial charge is 0.410 e. The zero-order chi connectivity index (χ0) is 16.0. The van der Waals surface area contributed by atoms with E-state index < -0.39 is 10.0 Å². The summed E-state index contributed by atoms with van der Waals surface area (Å²) < 4.78 is 27.0. The minimum absolute atomic E-state index is 0.122. The molecule has 0 radical (unpaired) electrons. The van der Waals surface area contributed by atoms with E-state index in [9.17, 15) is 13.2 Å². The third-order valence-electron chi connectivity index (χ3n) is 3.54. The quantitative estimate of drug-likeness (QED) is 0.915. The van der Waals surface area contributed by atoms with Crippen molar-refractivity contribution in [3.63, 3.8) is 0 Å². The summed E-state index contributed by atoms with van der Waals surface area (Å²) in [5.74, 6) is 0.122. The molecular formula is C15H20N2O4S. The molecular weight excluding hydrogens is 304 g/mol. The highest BCUT2D eigenvalue weighted by Gasteiger charge is 2.22. The molecule has 1 amide bonds. The second-order valence-electron chi connectivity index (χ2n) is 5.28. The van der Waals surface area contributed by atoms with Crippen LogP contribution in [0.5, 0.6) is 0 Å². The Labute approximate surface area is 130 Å². The number of primary sulfonamides is 1. The van der Waals surface area contributed by atoms with E-state index in [0.717, 1.165) is 11.0 Å². The van der Waals surface area contributed by atoms with Crippen LogP contribution in [0.3, 0.4) is 0 Å². The van der Waals surface area contributed by atoms with Gasteiger partial charge in [-0.3, -0.25) is 0 Å². The van der Waals surface area contributed by atoms with Crippen LogP contribution in [0.2, 0.25) is 0 Å². The van der Waals surface area contributed by atoms with E-state index in [4.69, 9.17) is 9.88 Å². The summed E-state index contributed by atoms with van der Waals surface area (Å²) in [5, 5.41) is 5.95. The van der Waals surface area contributed by atoms with E-state index in [1.807, 2.05) is 30.3 Å². The van der Waals surface area contributed by atoms with Crippen LogP contribution >= 0.6 is 0 Å². The number of hydrogen-bond acceptors (Lipinski definition) is 4. The molecule has 1 fully saturated rings. The number of amides is 1. The van der Waals surface area contributed by atoms with Gasteiger partial charge in [0.1, 0.15) is 6.61 Å². The van der Waals surface area contributed by atoms with Crippen molar-refractivity contribution in [3.05, 3.63) is 47.4 Å². The van der Waals surface area contributed by atoms with E-state index in [2.05, 4.69) is 0 Å². The highest BCUT2D eigenvalue weighted by Crippen LogP contribution is 2.19.